The summed E-state index contributed by atoms with van der Waals surface area (Å²) in [6.07, 6.45) is -9.37. The van der Waals surface area contributed by atoms with Crippen LogP contribution in [0, 0.1) is 5.92 Å². The predicted molar refractivity (Wildman–Crippen MR) is 123 cm³/mol. The number of rotatable bonds is 12. The second kappa shape index (κ2) is 12.4. The number of halogens is 6. The average molecular weight is 548 g/mol. The molecule has 3 atom stereocenters. The van der Waals surface area contributed by atoms with E-state index < -0.39 is 65.8 Å². The first-order valence-corrected chi connectivity index (χ1v) is 11.1. The van der Waals surface area contributed by atoms with E-state index in [-0.39, 0.29) is 6.42 Å². The number of methoxy groups -OCH3 is 2. The van der Waals surface area contributed by atoms with Gasteiger partial charge in [0.25, 0.3) is 11.2 Å². The molecule has 0 bridgehead atoms. The third-order valence-corrected chi connectivity index (χ3v) is 5.83. The second-order valence-electron chi connectivity index (χ2n) is 8.02. The van der Waals surface area contributed by atoms with Gasteiger partial charge in [0, 0.05) is 31.3 Å². The smallest absolute Gasteiger partial charge is 0.432 e. The van der Waals surface area contributed by atoms with E-state index in [1.54, 1.807) is 0 Å². The lowest BCUT2D eigenvalue weighted by atomic mass is 9.92. The second-order valence-corrected chi connectivity index (χ2v) is 8.02. The van der Waals surface area contributed by atoms with Crippen LogP contribution in [0.15, 0.2) is 73.3 Å². The zero-order valence-corrected chi connectivity index (χ0v) is 20.5. The Morgan fingerprint density at radius 3 is 1.50 bits per heavy atom. The van der Waals surface area contributed by atoms with Gasteiger partial charge in [-0.1, -0.05) is 66.7 Å². The van der Waals surface area contributed by atoms with Crippen LogP contribution in [0.5, 0.6) is 0 Å². The number of hydrogen-bond donors (Lipinski definition) is 0. The Morgan fingerprint density at radius 1 is 0.763 bits per heavy atom. The first kappa shape index (κ1) is 30.8. The summed E-state index contributed by atoms with van der Waals surface area (Å²) in [7, 11) is 1.42. The molecule has 2 aromatic carbocycles. The van der Waals surface area contributed by atoms with Gasteiger partial charge in [-0.25, -0.2) is 9.59 Å². The molecule has 6 nitrogen and oxygen atoms in total. The summed E-state index contributed by atoms with van der Waals surface area (Å²) in [5.41, 5.74) is -7.82. The Morgan fingerprint density at radius 2 is 1.16 bits per heavy atom. The van der Waals surface area contributed by atoms with Crippen LogP contribution >= 0.6 is 0 Å². The molecule has 0 radical (unpaired) electrons. The van der Waals surface area contributed by atoms with Gasteiger partial charge in [0.05, 0.1) is 13.2 Å². The predicted octanol–water partition coefficient (Wildman–Crippen LogP) is 5.47. The van der Waals surface area contributed by atoms with Crippen molar-refractivity contribution in [3.05, 3.63) is 84.4 Å². The number of carbonyl (C=O) groups is 2. The molecule has 0 heterocycles. The molecule has 208 valence electrons. The number of benzene rings is 2. The van der Waals surface area contributed by atoms with Crippen LogP contribution in [-0.2, 0) is 39.7 Å². The molecule has 0 unspecified atom stereocenters. The van der Waals surface area contributed by atoms with Crippen molar-refractivity contribution in [2.24, 2.45) is 5.92 Å². The van der Waals surface area contributed by atoms with Crippen molar-refractivity contribution in [3.8, 4) is 0 Å². The van der Waals surface area contributed by atoms with Gasteiger partial charge < -0.3 is 18.9 Å². The number of ether oxygens (including phenoxy) is 4. The summed E-state index contributed by atoms with van der Waals surface area (Å²) in [4.78, 5) is 25.3. The van der Waals surface area contributed by atoms with E-state index in [0.717, 1.165) is 24.3 Å². The summed E-state index contributed by atoms with van der Waals surface area (Å²) < 4.78 is 103. The van der Waals surface area contributed by atoms with Crippen molar-refractivity contribution in [1.82, 2.24) is 0 Å². The third kappa shape index (κ3) is 6.02. The molecule has 0 saturated heterocycles. The molecule has 38 heavy (non-hydrogen) atoms. The van der Waals surface area contributed by atoms with Gasteiger partial charge in [0.1, 0.15) is 0 Å². The lowest BCUT2D eigenvalue weighted by Gasteiger charge is -2.33. The van der Waals surface area contributed by atoms with Crippen molar-refractivity contribution in [2.75, 3.05) is 27.4 Å². The molecule has 0 aliphatic rings. The Labute approximate surface area is 215 Å². The largest absolute Gasteiger partial charge is 0.463 e. The standard InChI is InChI=1S/C26H26F6O6/c1-4-18(17-38-22(34)24(36-3,26(30,31)32)20-13-9-6-10-14-20)15-16-37-21(33)23(35-2,25(27,28)29)19-11-7-5-8-12-19/h4-14,18H,1,15-17H2,2-3H3/t18-,23-,24-/m0/s1. The fraction of sp³-hybridized carbons (Fsp3) is 0.385. The van der Waals surface area contributed by atoms with Gasteiger partial charge in [0.15, 0.2) is 0 Å². The van der Waals surface area contributed by atoms with Gasteiger partial charge in [-0.2, -0.15) is 26.3 Å². The molecule has 0 aliphatic heterocycles. The Bertz CT molecular complexity index is 1070. The van der Waals surface area contributed by atoms with E-state index in [2.05, 4.69) is 16.1 Å². The Hall–Kier alpha value is -3.38. The SMILES string of the molecule is C=C[C@@H](CCOC(=O)[C@@](OC)(c1ccccc1)C(F)(F)F)COC(=O)[C@@](OC)(c1ccccc1)C(F)(F)F. The van der Waals surface area contributed by atoms with Crippen molar-refractivity contribution >= 4 is 11.9 Å². The zero-order chi connectivity index (χ0) is 28.6. The van der Waals surface area contributed by atoms with Gasteiger partial charge in [0.2, 0.25) is 0 Å². The van der Waals surface area contributed by atoms with Gasteiger partial charge in [-0.3, -0.25) is 0 Å². The minimum absolute atomic E-state index is 0.216. The fourth-order valence-electron chi connectivity index (χ4n) is 3.73. The molecule has 0 fully saturated rings. The van der Waals surface area contributed by atoms with Crippen molar-refractivity contribution < 1.29 is 54.9 Å². The van der Waals surface area contributed by atoms with Crippen molar-refractivity contribution in [1.29, 1.82) is 0 Å². The average Bonchev–Trinajstić information content (AvgIpc) is 2.87. The van der Waals surface area contributed by atoms with Crippen LogP contribution in [0.3, 0.4) is 0 Å². The van der Waals surface area contributed by atoms with Crippen molar-refractivity contribution in [2.45, 2.75) is 30.0 Å². The highest BCUT2D eigenvalue weighted by molar-refractivity contribution is 5.83. The lowest BCUT2D eigenvalue weighted by molar-refractivity contribution is -0.278. The summed E-state index contributed by atoms with van der Waals surface area (Å²) in [5.74, 6) is -4.36. The number of hydrogen-bond acceptors (Lipinski definition) is 6. The van der Waals surface area contributed by atoms with Gasteiger partial charge >= 0.3 is 24.3 Å². The number of esters is 2. The molecule has 0 aromatic heterocycles. The normalized spacial score (nSPS) is 16.0. The monoisotopic (exact) mass is 548 g/mol. The van der Waals surface area contributed by atoms with E-state index in [9.17, 15) is 35.9 Å². The highest BCUT2D eigenvalue weighted by Crippen LogP contribution is 2.44. The topological polar surface area (TPSA) is 71.1 Å². The fourth-order valence-corrected chi connectivity index (χ4v) is 3.73. The minimum Gasteiger partial charge on any atom is -0.463 e. The maximum absolute atomic E-state index is 14.0. The van der Waals surface area contributed by atoms with Gasteiger partial charge in [-0.15, -0.1) is 6.58 Å². The quantitative estimate of drug-likeness (QED) is 0.199. The summed E-state index contributed by atoms with van der Waals surface area (Å²) in [6, 6.07) is 12.3. The molecule has 0 aliphatic carbocycles. The Kier molecular flexibility index (Phi) is 10.1. The molecular weight excluding hydrogens is 522 g/mol. The minimum atomic E-state index is -5.18. The van der Waals surface area contributed by atoms with E-state index in [1.807, 2.05) is 0 Å². The molecule has 12 heteroatoms. The first-order chi connectivity index (χ1) is 17.8. The molecule has 0 amide bonds. The zero-order valence-electron chi connectivity index (χ0n) is 20.5. The molecule has 0 saturated carbocycles. The van der Waals surface area contributed by atoms with Gasteiger partial charge in [-0.05, 0) is 6.42 Å². The summed E-state index contributed by atoms with van der Waals surface area (Å²) >= 11 is 0. The molecule has 0 N–H and O–H groups in total. The van der Waals surface area contributed by atoms with E-state index in [4.69, 9.17) is 9.47 Å². The molecule has 2 rings (SSSR count). The van der Waals surface area contributed by atoms with E-state index >= 15 is 0 Å². The first-order valence-electron chi connectivity index (χ1n) is 11.1. The van der Waals surface area contributed by atoms with Crippen molar-refractivity contribution in [3.63, 3.8) is 0 Å². The third-order valence-electron chi connectivity index (χ3n) is 5.83. The maximum atomic E-state index is 14.0. The van der Waals surface area contributed by atoms with E-state index in [0.29, 0.717) is 14.2 Å². The van der Waals surface area contributed by atoms with Crippen LogP contribution < -0.4 is 0 Å². The number of alkyl halides is 6. The number of carbonyl (C=O) groups excluding carboxylic acids is 2. The summed E-state index contributed by atoms with van der Waals surface area (Å²) in [6.45, 7) is 2.25. The molecular formula is C26H26F6O6. The maximum Gasteiger partial charge on any atom is 0.432 e. The van der Waals surface area contributed by atoms with Crippen LogP contribution in [0.4, 0.5) is 26.3 Å². The van der Waals surface area contributed by atoms with Crippen LogP contribution in [-0.4, -0.2) is 51.7 Å². The van der Waals surface area contributed by atoms with E-state index in [1.165, 1.54) is 42.5 Å². The van der Waals surface area contributed by atoms with Crippen LogP contribution in [0.25, 0.3) is 0 Å². The van der Waals surface area contributed by atoms with Crippen LogP contribution in [0.2, 0.25) is 0 Å². The highest BCUT2D eigenvalue weighted by atomic mass is 19.4. The Balaban J connectivity index is 2.12. The van der Waals surface area contributed by atoms with Crippen LogP contribution in [0.1, 0.15) is 17.5 Å². The highest BCUT2D eigenvalue weighted by Gasteiger charge is 2.65. The summed E-state index contributed by atoms with van der Waals surface area (Å²) in [5, 5.41) is 0. The lowest BCUT2D eigenvalue weighted by Crippen LogP contribution is -2.52. The molecule has 0 spiro atoms. The molecule has 2 aromatic rings.